The molecule has 1 heterocycles. The molecule has 2 N–H and O–H groups in total. The number of carbonyl (C=O) groups excluding carboxylic acids is 1. The fourth-order valence-corrected chi connectivity index (χ4v) is 1.23. The number of aliphatic hydroxyl groups is 1. The zero-order valence-electron chi connectivity index (χ0n) is 9.06. The van der Waals surface area contributed by atoms with E-state index in [1.54, 1.807) is 0 Å². The Morgan fingerprint density at radius 1 is 1.44 bits per heavy atom. The zero-order valence-corrected chi connectivity index (χ0v) is 9.06. The summed E-state index contributed by atoms with van der Waals surface area (Å²) in [5.41, 5.74) is -1.28. The summed E-state index contributed by atoms with van der Waals surface area (Å²) in [5.74, 6) is -0.606. The predicted octanol–water partition coefficient (Wildman–Crippen LogP) is -2.19. The highest BCUT2D eigenvalue weighted by Gasteiger charge is 2.13. The highest BCUT2D eigenvalue weighted by atomic mass is 16.3. The summed E-state index contributed by atoms with van der Waals surface area (Å²) < 4.78 is 2.00. The van der Waals surface area contributed by atoms with Crippen molar-refractivity contribution < 1.29 is 9.90 Å². The summed E-state index contributed by atoms with van der Waals surface area (Å²) in [7, 11) is 2.75. The maximum atomic E-state index is 11.6. The van der Waals surface area contributed by atoms with E-state index >= 15 is 0 Å². The Hall–Kier alpha value is -1.89. The van der Waals surface area contributed by atoms with E-state index in [9.17, 15) is 14.4 Å². The first-order valence-electron chi connectivity index (χ1n) is 4.64. The highest BCUT2D eigenvalue weighted by Crippen LogP contribution is 1.87. The lowest BCUT2D eigenvalue weighted by molar-refractivity contribution is 0.0941. The highest BCUT2D eigenvalue weighted by molar-refractivity contribution is 5.93. The maximum absolute atomic E-state index is 11.6. The van der Waals surface area contributed by atoms with Crippen LogP contribution in [0.1, 0.15) is 10.4 Å². The van der Waals surface area contributed by atoms with Gasteiger partial charge in [0.05, 0.1) is 6.61 Å². The molecule has 0 aliphatic rings. The van der Waals surface area contributed by atoms with Gasteiger partial charge < -0.3 is 15.0 Å². The molecule has 0 unspecified atom stereocenters. The van der Waals surface area contributed by atoms with Crippen molar-refractivity contribution in [2.24, 2.45) is 14.1 Å². The topological polar surface area (TPSA) is 93.3 Å². The van der Waals surface area contributed by atoms with Crippen molar-refractivity contribution in [3.8, 4) is 0 Å². The van der Waals surface area contributed by atoms with Gasteiger partial charge in [-0.1, -0.05) is 0 Å². The third kappa shape index (κ3) is 2.19. The zero-order chi connectivity index (χ0) is 12.3. The minimum Gasteiger partial charge on any atom is -0.395 e. The van der Waals surface area contributed by atoms with Crippen LogP contribution in [-0.2, 0) is 14.1 Å². The Morgan fingerprint density at radius 2 is 2.06 bits per heavy atom. The molecule has 0 aliphatic carbocycles. The number of aliphatic hydroxyl groups excluding tert-OH is 1. The first-order valence-corrected chi connectivity index (χ1v) is 4.64. The molecule has 16 heavy (non-hydrogen) atoms. The molecule has 1 aromatic heterocycles. The van der Waals surface area contributed by atoms with Crippen LogP contribution in [0.25, 0.3) is 0 Å². The smallest absolute Gasteiger partial charge is 0.330 e. The van der Waals surface area contributed by atoms with E-state index in [1.165, 1.54) is 20.3 Å². The standard InChI is InChI=1S/C9H13N3O4/c1-11-5-6(7(14)10-3-4-13)8(15)12(2)9(11)16/h5,13H,3-4H2,1-2H3,(H,10,14). The van der Waals surface area contributed by atoms with Crippen LogP contribution in [0.3, 0.4) is 0 Å². The van der Waals surface area contributed by atoms with E-state index in [0.717, 1.165) is 9.13 Å². The lowest BCUT2D eigenvalue weighted by atomic mass is 10.3. The largest absolute Gasteiger partial charge is 0.395 e. The van der Waals surface area contributed by atoms with Crippen molar-refractivity contribution in [2.45, 2.75) is 0 Å². The minimum absolute atomic E-state index is 0.0603. The summed E-state index contributed by atoms with van der Waals surface area (Å²) in [5, 5.41) is 10.9. The number of nitrogens with zero attached hydrogens (tertiary/aromatic N) is 2. The lowest BCUT2D eigenvalue weighted by Crippen LogP contribution is -2.42. The first kappa shape index (κ1) is 12.2. The molecule has 0 saturated heterocycles. The molecule has 0 saturated carbocycles. The Bertz CT molecular complexity index is 514. The third-order valence-electron chi connectivity index (χ3n) is 2.09. The van der Waals surface area contributed by atoms with E-state index in [2.05, 4.69) is 5.32 Å². The molecule has 88 valence electrons. The van der Waals surface area contributed by atoms with Gasteiger partial charge in [-0.25, -0.2) is 4.79 Å². The molecule has 0 bridgehead atoms. The van der Waals surface area contributed by atoms with E-state index in [0.29, 0.717) is 0 Å². The van der Waals surface area contributed by atoms with Gasteiger partial charge in [0.2, 0.25) is 0 Å². The van der Waals surface area contributed by atoms with Gasteiger partial charge in [-0.05, 0) is 0 Å². The Morgan fingerprint density at radius 3 is 2.62 bits per heavy atom. The number of hydrogen-bond acceptors (Lipinski definition) is 4. The molecule has 0 spiro atoms. The van der Waals surface area contributed by atoms with Crippen LogP contribution < -0.4 is 16.6 Å². The summed E-state index contributed by atoms with van der Waals surface area (Å²) in [4.78, 5) is 34.4. The summed E-state index contributed by atoms with van der Waals surface area (Å²) >= 11 is 0. The number of aromatic nitrogens is 2. The van der Waals surface area contributed by atoms with Crippen molar-refractivity contribution >= 4 is 5.91 Å². The van der Waals surface area contributed by atoms with Gasteiger partial charge in [-0.15, -0.1) is 0 Å². The number of hydrogen-bond donors (Lipinski definition) is 2. The van der Waals surface area contributed by atoms with Crippen LogP contribution >= 0.6 is 0 Å². The van der Waals surface area contributed by atoms with E-state index in [-0.39, 0.29) is 18.7 Å². The summed E-state index contributed by atoms with van der Waals surface area (Å²) in [6, 6.07) is 0. The van der Waals surface area contributed by atoms with Crippen LogP contribution in [0.15, 0.2) is 15.8 Å². The van der Waals surface area contributed by atoms with Gasteiger partial charge >= 0.3 is 5.69 Å². The molecule has 0 radical (unpaired) electrons. The second kappa shape index (κ2) is 4.75. The Kier molecular flexibility index (Phi) is 3.62. The predicted molar refractivity (Wildman–Crippen MR) is 56.3 cm³/mol. The quantitative estimate of drug-likeness (QED) is 0.613. The number of aryl methyl sites for hydroxylation is 1. The van der Waals surface area contributed by atoms with Gasteiger partial charge in [0.15, 0.2) is 0 Å². The SMILES string of the molecule is Cn1cc(C(=O)NCCO)c(=O)n(C)c1=O. The van der Waals surface area contributed by atoms with Crippen LogP contribution in [0.4, 0.5) is 0 Å². The lowest BCUT2D eigenvalue weighted by Gasteiger charge is -2.06. The minimum atomic E-state index is -0.654. The molecule has 0 aromatic carbocycles. The number of amides is 1. The van der Waals surface area contributed by atoms with Crippen molar-refractivity contribution in [3.05, 3.63) is 32.6 Å². The third-order valence-corrected chi connectivity index (χ3v) is 2.09. The second-order valence-electron chi connectivity index (χ2n) is 3.28. The van der Waals surface area contributed by atoms with Gasteiger partial charge in [-0.2, -0.15) is 0 Å². The van der Waals surface area contributed by atoms with Crippen LogP contribution in [0.2, 0.25) is 0 Å². The molecular formula is C9H13N3O4. The molecule has 0 atom stereocenters. The van der Waals surface area contributed by atoms with E-state index in [1.807, 2.05) is 0 Å². The Labute approximate surface area is 90.9 Å². The maximum Gasteiger partial charge on any atom is 0.330 e. The normalized spacial score (nSPS) is 10.2. The van der Waals surface area contributed by atoms with Crippen molar-refractivity contribution in [1.29, 1.82) is 0 Å². The van der Waals surface area contributed by atoms with Gasteiger partial charge in [0.1, 0.15) is 5.56 Å². The molecule has 1 rings (SSSR count). The molecule has 7 nitrogen and oxygen atoms in total. The molecule has 1 aromatic rings. The van der Waals surface area contributed by atoms with E-state index < -0.39 is 17.2 Å². The van der Waals surface area contributed by atoms with Crippen LogP contribution in [-0.4, -0.2) is 33.3 Å². The molecule has 7 heteroatoms. The number of nitrogens with one attached hydrogen (secondary N) is 1. The van der Waals surface area contributed by atoms with Crippen molar-refractivity contribution in [1.82, 2.24) is 14.5 Å². The average molecular weight is 227 g/mol. The average Bonchev–Trinajstić information content (AvgIpc) is 2.28. The van der Waals surface area contributed by atoms with Gasteiger partial charge in [-0.3, -0.25) is 14.2 Å². The van der Waals surface area contributed by atoms with E-state index in [4.69, 9.17) is 5.11 Å². The monoisotopic (exact) mass is 227 g/mol. The fraction of sp³-hybridized carbons (Fsp3) is 0.444. The van der Waals surface area contributed by atoms with Crippen molar-refractivity contribution in [3.63, 3.8) is 0 Å². The van der Waals surface area contributed by atoms with Gasteiger partial charge in [0.25, 0.3) is 11.5 Å². The molecule has 1 amide bonds. The van der Waals surface area contributed by atoms with Crippen LogP contribution in [0.5, 0.6) is 0 Å². The van der Waals surface area contributed by atoms with Crippen LogP contribution in [0, 0.1) is 0 Å². The fourth-order valence-electron chi connectivity index (χ4n) is 1.23. The molecule has 0 fully saturated rings. The number of carbonyl (C=O) groups is 1. The first-order chi connectivity index (χ1) is 7.49. The summed E-state index contributed by atoms with van der Waals surface area (Å²) in [6.07, 6.45) is 1.18. The van der Waals surface area contributed by atoms with Crippen molar-refractivity contribution in [2.75, 3.05) is 13.2 Å². The Balaban J connectivity index is 3.21. The molecule has 0 aliphatic heterocycles. The number of rotatable bonds is 3. The second-order valence-corrected chi connectivity index (χ2v) is 3.28. The molecular weight excluding hydrogens is 214 g/mol. The summed E-state index contributed by atoms with van der Waals surface area (Å²) in [6.45, 7) is -0.150. The van der Waals surface area contributed by atoms with Gasteiger partial charge in [0, 0.05) is 26.8 Å².